The zero-order valence-electron chi connectivity index (χ0n) is 11.5. The van der Waals surface area contributed by atoms with Crippen LogP contribution in [0, 0.1) is 0 Å². The maximum Gasteiger partial charge on any atom is 0.125 e. The number of ether oxygens (including phenoxy) is 1. The Balaban J connectivity index is 1.74. The zero-order valence-corrected chi connectivity index (χ0v) is 11.5. The van der Waals surface area contributed by atoms with Crippen molar-refractivity contribution < 1.29 is 4.74 Å². The summed E-state index contributed by atoms with van der Waals surface area (Å²) in [5.41, 5.74) is 1.33. The van der Waals surface area contributed by atoms with Gasteiger partial charge < -0.3 is 10.1 Å². The van der Waals surface area contributed by atoms with Crippen molar-refractivity contribution >= 4 is 5.82 Å². The average Bonchev–Trinajstić information content (AvgIpc) is 2.45. The lowest BCUT2D eigenvalue weighted by Crippen LogP contribution is -2.12. The first-order chi connectivity index (χ1) is 9.25. The van der Waals surface area contributed by atoms with E-state index in [-0.39, 0.29) is 0 Å². The van der Waals surface area contributed by atoms with E-state index in [1.165, 1.54) is 5.56 Å². The van der Waals surface area contributed by atoms with Gasteiger partial charge in [0.25, 0.3) is 0 Å². The molecule has 3 heteroatoms. The van der Waals surface area contributed by atoms with Crippen LogP contribution in [0.1, 0.15) is 25.3 Å². The predicted octanol–water partition coefficient (Wildman–Crippen LogP) is 3.70. The van der Waals surface area contributed by atoms with E-state index in [4.69, 9.17) is 4.74 Å². The Kier molecular flexibility index (Phi) is 4.78. The molecular weight excluding hydrogens is 236 g/mol. The molecule has 0 aliphatic carbocycles. The highest BCUT2D eigenvalue weighted by molar-refractivity contribution is 5.33. The molecule has 3 nitrogen and oxygen atoms in total. The highest BCUT2D eigenvalue weighted by atomic mass is 16.5. The van der Waals surface area contributed by atoms with Gasteiger partial charge in [-0.2, -0.15) is 0 Å². The standard InChI is InChI=1S/C16H20N2O/c1-13(2)14-6-8-15(9-7-14)19-12-11-18-16-5-3-4-10-17-16/h3-10,13H,11-12H2,1-2H3,(H,17,18). The molecule has 19 heavy (non-hydrogen) atoms. The van der Waals surface area contributed by atoms with Crippen LogP contribution < -0.4 is 10.1 Å². The Bertz CT molecular complexity index is 480. The molecule has 0 aliphatic heterocycles. The number of benzene rings is 1. The molecule has 1 heterocycles. The van der Waals surface area contributed by atoms with E-state index in [0.717, 1.165) is 18.1 Å². The Morgan fingerprint density at radius 3 is 2.53 bits per heavy atom. The molecule has 100 valence electrons. The van der Waals surface area contributed by atoms with Crippen molar-refractivity contribution in [2.24, 2.45) is 0 Å². The lowest BCUT2D eigenvalue weighted by atomic mass is 10.0. The van der Waals surface area contributed by atoms with E-state index >= 15 is 0 Å². The minimum atomic E-state index is 0.555. The van der Waals surface area contributed by atoms with E-state index in [9.17, 15) is 0 Å². The SMILES string of the molecule is CC(C)c1ccc(OCCNc2ccccn2)cc1. The number of nitrogens with one attached hydrogen (secondary N) is 1. The molecule has 0 unspecified atom stereocenters. The molecule has 2 aromatic rings. The molecule has 1 N–H and O–H groups in total. The fraction of sp³-hybridized carbons (Fsp3) is 0.312. The quantitative estimate of drug-likeness (QED) is 0.800. The van der Waals surface area contributed by atoms with Gasteiger partial charge in [0.2, 0.25) is 0 Å². The van der Waals surface area contributed by atoms with Crippen LogP contribution in [0.25, 0.3) is 0 Å². The summed E-state index contributed by atoms with van der Waals surface area (Å²) >= 11 is 0. The second-order valence-corrected chi connectivity index (χ2v) is 4.71. The third-order valence-corrected chi connectivity index (χ3v) is 2.89. The van der Waals surface area contributed by atoms with Crippen LogP contribution in [-0.2, 0) is 0 Å². The van der Waals surface area contributed by atoms with Crippen molar-refractivity contribution in [3.05, 3.63) is 54.2 Å². The molecule has 1 aromatic heterocycles. The summed E-state index contributed by atoms with van der Waals surface area (Å²) in [6.45, 7) is 5.74. The number of hydrogen-bond acceptors (Lipinski definition) is 3. The van der Waals surface area contributed by atoms with Gasteiger partial charge in [-0.05, 0) is 35.7 Å². The number of anilines is 1. The molecule has 0 radical (unpaired) electrons. The van der Waals surface area contributed by atoms with Gasteiger partial charge in [0.05, 0.1) is 6.54 Å². The smallest absolute Gasteiger partial charge is 0.125 e. The van der Waals surface area contributed by atoms with Gasteiger partial charge >= 0.3 is 0 Å². The Hall–Kier alpha value is -2.03. The first kappa shape index (κ1) is 13.4. The first-order valence-corrected chi connectivity index (χ1v) is 6.63. The monoisotopic (exact) mass is 256 g/mol. The summed E-state index contributed by atoms with van der Waals surface area (Å²) in [5.74, 6) is 2.34. The number of pyridine rings is 1. The molecular formula is C16H20N2O. The summed E-state index contributed by atoms with van der Waals surface area (Å²) < 4.78 is 5.67. The Labute approximate surface area is 114 Å². The third kappa shape index (κ3) is 4.28. The zero-order chi connectivity index (χ0) is 13.5. The summed E-state index contributed by atoms with van der Waals surface area (Å²) in [4.78, 5) is 4.19. The number of nitrogens with zero attached hydrogens (tertiary/aromatic N) is 1. The Morgan fingerprint density at radius 1 is 1.11 bits per heavy atom. The maximum atomic E-state index is 5.67. The van der Waals surface area contributed by atoms with E-state index in [2.05, 4.69) is 36.3 Å². The minimum absolute atomic E-state index is 0.555. The fourth-order valence-corrected chi connectivity index (χ4v) is 1.76. The second-order valence-electron chi connectivity index (χ2n) is 4.71. The van der Waals surface area contributed by atoms with Crippen molar-refractivity contribution in [1.82, 2.24) is 4.98 Å². The van der Waals surface area contributed by atoms with Crippen LogP contribution in [0.2, 0.25) is 0 Å². The average molecular weight is 256 g/mol. The largest absolute Gasteiger partial charge is 0.492 e. The minimum Gasteiger partial charge on any atom is -0.492 e. The first-order valence-electron chi connectivity index (χ1n) is 6.63. The molecule has 2 rings (SSSR count). The third-order valence-electron chi connectivity index (χ3n) is 2.89. The molecule has 0 bridgehead atoms. The summed E-state index contributed by atoms with van der Waals surface area (Å²) in [7, 11) is 0. The van der Waals surface area contributed by atoms with E-state index < -0.39 is 0 Å². The highest BCUT2D eigenvalue weighted by Crippen LogP contribution is 2.18. The Morgan fingerprint density at radius 2 is 1.89 bits per heavy atom. The number of rotatable bonds is 6. The van der Waals surface area contributed by atoms with E-state index in [0.29, 0.717) is 12.5 Å². The predicted molar refractivity (Wildman–Crippen MR) is 78.8 cm³/mol. The fourth-order valence-electron chi connectivity index (χ4n) is 1.76. The van der Waals surface area contributed by atoms with Crippen LogP contribution >= 0.6 is 0 Å². The van der Waals surface area contributed by atoms with Crippen LogP contribution in [0.3, 0.4) is 0 Å². The van der Waals surface area contributed by atoms with Gasteiger partial charge in [0.1, 0.15) is 18.2 Å². The van der Waals surface area contributed by atoms with Crippen molar-refractivity contribution in [1.29, 1.82) is 0 Å². The van der Waals surface area contributed by atoms with Gasteiger partial charge in [-0.25, -0.2) is 4.98 Å². The molecule has 1 aromatic carbocycles. The summed E-state index contributed by atoms with van der Waals surface area (Å²) in [6, 6.07) is 14.1. The van der Waals surface area contributed by atoms with Gasteiger partial charge in [0.15, 0.2) is 0 Å². The molecule has 0 saturated carbocycles. The van der Waals surface area contributed by atoms with Crippen molar-refractivity contribution in [2.75, 3.05) is 18.5 Å². The lowest BCUT2D eigenvalue weighted by molar-refractivity contribution is 0.332. The summed E-state index contributed by atoms with van der Waals surface area (Å²) in [5, 5.41) is 3.21. The molecule has 0 spiro atoms. The van der Waals surface area contributed by atoms with Crippen LogP contribution in [-0.4, -0.2) is 18.1 Å². The van der Waals surface area contributed by atoms with Crippen molar-refractivity contribution in [2.45, 2.75) is 19.8 Å². The summed E-state index contributed by atoms with van der Waals surface area (Å²) in [6.07, 6.45) is 1.77. The molecule has 0 fully saturated rings. The second kappa shape index (κ2) is 6.78. The van der Waals surface area contributed by atoms with Gasteiger partial charge in [-0.3, -0.25) is 0 Å². The van der Waals surface area contributed by atoms with E-state index in [1.807, 2.05) is 30.3 Å². The van der Waals surface area contributed by atoms with Gasteiger partial charge in [0, 0.05) is 6.20 Å². The number of hydrogen-bond donors (Lipinski definition) is 1. The normalized spacial score (nSPS) is 10.5. The molecule has 0 saturated heterocycles. The van der Waals surface area contributed by atoms with Crippen LogP contribution in [0.5, 0.6) is 5.75 Å². The van der Waals surface area contributed by atoms with Gasteiger partial charge in [-0.15, -0.1) is 0 Å². The van der Waals surface area contributed by atoms with Crippen molar-refractivity contribution in [3.63, 3.8) is 0 Å². The highest BCUT2D eigenvalue weighted by Gasteiger charge is 1.99. The van der Waals surface area contributed by atoms with Crippen LogP contribution in [0.4, 0.5) is 5.82 Å². The van der Waals surface area contributed by atoms with Crippen LogP contribution in [0.15, 0.2) is 48.7 Å². The van der Waals surface area contributed by atoms with Gasteiger partial charge in [-0.1, -0.05) is 32.0 Å². The number of aromatic nitrogens is 1. The van der Waals surface area contributed by atoms with Crippen molar-refractivity contribution in [3.8, 4) is 5.75 Å². The molecule has 0 amide bonds. The molecule has 0 atom stereocenters. The topological polar surface area (TPSA) is 34.1 Å². The maximum absolute atomic E-state index is 5.67. The van der Waals surface area contributed by atoms with E-state index in [1.54, 1.807) is 6.20 Å². The molecule has 0 aliphatic rings. The lowest BCUT2D eigenvalue weighted by Gasteiger charge is -2.09.